The molecule has 2 unspecified atom stereocenters. The summed E-state index contributed by atoms with van der Waals surface area (Å²) < 4.78 is 0. The van der Waals surface area contributed by atoms with Crippen LogP contribution in [-0.2, 0) is 0 Å². The molecule has 2 atom stereocenters. The standard InChI is InChI=1S/C16H28N2/c1-18-15-7-8-16(18)12-14(11-15)17-10-9-13-5-3-2-4-6-13/h5,14-17H,2-4,6-12H2,1H3. The van der Waals surface area contributed by atoms with Gasteiger partial charge in [0, 0.05) is 18.1 Å². The number of piperidine rings is 1. The normalized spacial score (nSPS) is 36.7. The molecule has 3 rings (SSSR count). The topological polar surface area (TPSA) is 15.3 Å². The van der Waals surface area contributed by atoms with Gasteiger partial charge in [-0.3, -0.25) is 0 Å². The molecule has 0 spiro atoms. The van der Waals surface area contributed by atoms with E-state index in [1.165, 1.54) is 64.3 Å². The summed E-state index contributed by atoms with van der Waals surface area (Å²) >= 11 is 0. The van der Waals surface area contributed by atoms with Gasteiger partial charge in [0.2, 0.25) is 0 Å². The fourth-order valence-corrected chi connectivity index (χ4v) is 4.15. The summed E-state index contributed by atoms with van der Waals surface area (Å²) in [7, 11) is 2.32. The quantitative estimate of drug-likeness (QED) is 0.769. The molecule has 0 aromatic rings. The summed E-state index contributed by atoms with van der Waals surface area (Å²) in [5.41, 5.74) is 1.71. The summed E-state index contributed by atoms with van der Waals surface area (Å²) in [4.78, 5) is 2.63. The van der Waals surface area contributed by atoms with Crippen LogP contribution in [-0.4, -0.2) is 36.6 Å². The zero-order chi connectivity index (χ0) is 12.4. The number of allylic oxidation sites excluding steroid dienone is 1. The second-order valence-electron chi connectivity index (χ2n) is 6.53. The van der Waals surface area contributed by atoms with Gasteiger partial charge in [-0.15, -0.1) is 0 Å². The molecular formula is C16H28N2. The first-order valence-electron chi connectivity index (χ1n) is 7.96. The van der Waals surface area contributed by atoms with Crippen LogP contribution >= 0.6 is 0 Å². The van der Waals surface area contributed by atoms with E-state index >= 15 is 0 Å². The highest BCUT2D eigenvalue weighted by Gasteiger charge is 2.37. The molecule has 2 heterocycles. The van der Waals surface area contributed by atoms with Crippen molar-refractivity contribution in [2.75, 3.05) is 13.6 Å². The number of nitrogens with one attached hydrogen (secondary N) is 1. The summed E-state index contributed by atoms with van der Waals surface area (Å²) in [5.74, 6) is 0. The van der Waals surface area contributed by atoms with E-state index in [-0.39, 0.29) is 0 Å². The van der Waals surface area contributed by atoms with Gasteiger partial charge in [-0.05, 0) is 71.4 Å². The highest BCUT2D eigenvalue weighted by molar-refractivity contribution is 5.05. The maximum absolute atomic E-state index is 3.82. The molecule has 3 aliphatic rings. The first-order valence-corrected chi connectivity index (χ1v) is 7.96. The maximum atomic E-state index is 3.82. The average Bonchev–Trinajstić information content (AvgIpc) is 2.64. The average molecular weight is 248 g/mol. The fourth-order valence-electron chi connectivity index (χ4n) is 4.15. The van der Waals surface area contributed by atoms with Crippen LogP contribution in [0.2, 0.25) is 0 Å². The van der Waals surface area contributed by atoms with Crippen LogP contribution in [0.15, 0.2) is 11.6 Å². The Morgan fingerprint density at radius 2 is 2.00 bits per heavy atom. The van der Waals surface area contributed by atoms with Crippen LogP contribution in [0.4, 0.5) is 0 Å². The van der Waals surface area contributed by atoms with Gasteiger partial charge in [0.25, 0.3) is 0 Å². The lowest BCUT2D eigenvalue weighted by atomic mass is 9.96. The Morgan fingerprint density at radius 3 is 2.67 bits per heavy atom. The van der Waals surface area contributed by atoms with Crippen molar-refractivity contribution in [3.05, 3.63) is 11.6 Å². The minimum absolute atomic E-state index is 0.794. The molecule has 2 bridgehead atoms. The van der Waals surface area contributed by atoms with Crippen molar-refractivity contribution in [3.63, 3.8) is 0 Å². The van der Waals surface area contributed by atoms with E-state index in [1.54, 1.807) is 5.57 Å². The van der Waals surface area contributed by atoms with Crippen molar-refractivity contribution in [3.8, 4) is 0 Å². The van der Waals surface area contributed by atoms with Crippen LogP contribution in [0, 0.1) is 0 Å². The predicted molar refractivity (Wildman–Crippen MR) is 76.8 cm³/mol. The fraction of sp³-hybridized carbons (Fsp3) is 0.875. The van der Waals surface area contributed by atoms with Crippen molar-refractivity contribution in [1.29, 1.82) is 0 Å². The molecule has 2 nitrogen and oxygen atoms in total. The third-order valence-electron chi connectivity index (χ3n) is 5.36. The van der Waals surface area contributed by atoms with Crippen molar-refractivity contribution < 1.29 is 0 Å². The zero-order valence-corrected chi connectivity index (χ0v) is 11.8. The SMILES string of the molecule is CN1C2CCC1CC(NCCC1=CCCCC1)C2. The summed E-state index contributed by atoms with van der Waals surface area (Å²) in [6.07, 6.45) is 14.9. The predicted octanol–water partition coefficient (Wildman–Crippen LogP) is 3.09. The Hall–Kier alpha value is -0.340. The van der Waals surface area contributed by atoms with Crippen LogP contribution in [0.1, 0.15) is 57.8 Å². The Morgan fingerprint density at radius 1 is 1.22 bits per heavy atom. The summed E-state index contributed by atoms with van der Waals surface area (Å²) in [6.45, 7) is 1.21. The van der Waals surface area contributed by atoms with E-state index in [0.717, 1.165) is 18.1 Å². The van der Waals surface area contributed by atoms with E-state index in [4.69, 9.17) is 0 Å². The monoisotopic (exact) mass is 248 g/mol. The van der Waals surface area contributed by atoms with Crippen molar-refractivity contribution >= 4 is 0 Å². The molecule has 0 aromatic heterocycles. The lowest BCUT2D eigenvalue weighted by molar-refractivity contribution is 0.149. The zero-order valence-electron chi connectivity index (χ0n) is 11.8. The van der Waals surface area contributed by atoms with Crippen LogP contribution < -0.4 is 5.32 Å². The van der Waals surface area contributed by atoms with E-state index in [9.17, 15) is 0 Å². The molecule has 1 aliphatic carbocycles. The highest BCUT2D eigenvalue weighted by Crippen LogP contribution is 2.34. The Balaban J connectivity index is 1.40. The van der Waals surface area contributed by atoms with Gasteiger partial charge in [-0.25, -0.2) is 0 Å². The number of nitrogens with zero attached hydrogens (tertiary/aromatic N) is 1. The van der Waals surface area contributed by atoms with Gasteiger partial charge in [-0.2, -0.15) is 0 Å². The Kier molecular flexibility index (Phi) is 4.05. The highest BCUT2D eigenvalue weighted by atomic mass is 15.2. The first kappa shape index (κ1) is 12.7. The Bertz CT molecular complexity index is 296. The van der Waals surface area contributed by atoms with E-state index in [2.05, 4.69) is 23.3 Å². The minimum Gasteiger partial charge on any atom is -0.314 e. The molecule has 0 amide bonds. The van der Waals surface area contributed by atoms with E-state index in [1.807, 2.05) is 0 Å². The first-order chi connectivity index (χ1) is 8.83. The van der Waals surface area contributed by atoms with E-state index in [0.29, 0.717) is 0 Å². The molecule has 2 saturated heterocycles. The molecule has 0 aromatic carbocycles. The molecule has 1 N–H and O–H groups in total. The van der Waals surface area contributed by atoms with Crippen molar-refractivity contribution in [1.82, 2.24) is 10.2 Å². The van der Waals surface area contributed by atoms with Gasteiger partial charge >= 0.3 is 0 Å². The summed E-state index contributed by atoms with van der Waals surface area (Å²) in [5, 5.41) is 3.82. The third-order valence-corrected chi connectivity index (χ3v) is 5.36. The molecular weight excluding hydrogens is 220 g/mol. The minimum atomic E-state index is 0.794. The number of hydrogen-bond acceptors (Lipinski definition) is 2. The van der Waals surface area contributed by atoms with Crippen LogP contribution in [0.3, 0.4) is 0 Å². The molecule has 0 radical (unpaired) electrons. The molecule has 18 heavy (non-hydrogen) atoms. The molecule has 102 valence electrons. The number of fused-ring (bicyclic) bond motifs is 2. The maximum Gasteiger partial charge on any atom is 0.0111 e. The summed E-state index contributed by atoms with van der Waals surface area (Å²) in [6, 6.07) is 2.54. The largest absolute Gasteiger partial charge is 0.314 e. The number of hydrogen-bond donors (Lipinski definition) is 1. The lowest BCUT2D eigenvalue weighted by Crippen LogP contribution is -2.47. The second-order valence-corrected chi connectivity index (χ2v) is 6.53. The van der Waals surface area contributed by atoms with Gasteiger partial charge in [-0.1, -0.05) is 11.6 Å². The van der Waals surface area contributed by atoms with E-state index < -0.39 is 0 Å². The Labute approximate surface area is 112 Å². The number of rotatable bonds is 4. The van der Waals surface area contributed by atoms with Crippen LogP contribution in [0.5, 0.6) is 0 Å². The van der Waals surface area contributed by atoms with Gasteiger partial charge in [0.05, 0.1) is 0 Å². The van der Waals surface area contributed by atoms with Crippen molar-refractivity contribution in [2.24, 2.45) is 0 Å². The molecule has 0 saturated carbocycles. The molecule has 2 heteroatoms. The molecule has 2 fully saturated rings. The van der Waals surface area contributed by atoms with Crippen molar-refractivity contribution in [2.45, 2.75) is 75.9 Å². The lowest BCUT2D eigenvalue weighted by Gasteiger charge is -2.36. The molecule has 2 aliphatic heterocycles. The van der Waals surface area contributed by atoms with Gasteiger partial charge in [0.15, 0.2) is 0 Å². The second kappa shape index (κ2) is 5.75. The van der Waals surface area contributed by atoms with Gasteiger partial charge in [0.1, 0.15) is 0 Å². The van der Waals surface area contributed by atoms with Gasteiger partial charge < -0.3 is 10.2 Å². The third kappa shape index (κ3) is 2.80. The smallest absolute Gasteiger partial charge is 0.0111 e. The van der Waals surface area contributed by atoms with Crippen LogP contribution in [0.25, 0.3) is 0 Å².